The maximum Gasteiger partial charge on any atom is 0.251 e. The molecule has 0 bridgehead atoms. The van der Waals surface area contributed by atoms with Gasteiger partial charge in [-0.2, -0.15) is 0 Å². The molecule has 1 heterocycles. The van der Waals surface area contributed by atoms with E-state index in [1.54, 1.807) is 12.1 Å². The first-order chi connectivity index (χ1) is 10.1. The molecule has 2 atom stereocenters. The Morgan fingerprint density at radius 1 is 1.19 bits per heavy atom. The molecule has 0 aliphatic carbocycles. The van der Waals surface area contributed by atoms with Crippen LogP contribution in [0, 0.1) is 5.92 Å². The zero-order valence-electron chi connectivity index (χ0n) is 12.8. The lowest BCUT2D eigenvalue weighted by Crippen LogP contribution is -2.51. The third-order valence-corrected chi connectivity index (χ3v) is 4.22. The Kier molecular flexibility index (Phi) is 5.37. The molecule has 4 heteroatoms. The van der Waals surface area contributed by atoms with E-state index in [9.17, 15) is 9.59 Å². The number of carbonyl (C=O) groups excluding carboxylic acids is 2. The highest BCUT2D eigenvalue weighted by atomic mass is 16.2. The summed E-state index contributed by atoms with van der Waals surface area (Å²) in [6.45, 7) is 5.69. The van der Waals surface area contributed by atoms with Gasteiger partial charge in [-0.1, -0.05) is 38.5 Å². The molecule has 1 aromatic rings. The molecule has 0 radical (unpaired) electrons. The van der Waals surface area contributed by atoms with Crippen molar-refractivity contribution in [3.05, 3.63) is 35.9 Å². The Morgan fingerprint density at radius 2 is 1.81 bits per heavy atom. The van der Waals surface area contributed by atoms with Gasteiger partial charge >= 0.3 is 0 Å². The van der Waals surface area contributed by atoms with Gasteiger partial charge in [0, 0.05) is 18.7 Å². The molecule has 1 aromatic carbocycles. The Hall–Kier alpha value is -1.84. The summed E-state index contributed by atoms with van der Waals surface area (Å²) in [4.78, 5) is 26.8. The van der Waals surface area contributed by atoms with Gasteiger partial charge in [-0.05, 0) is 30.9 Å². The van der Waals surface area contributed by atoms with Crippen LogP contribution in [0.1, 0.15) is 43.5 Å². The topological polar surface area (TPSA) is 49.4 Å². The molecule has 1 aliphatic heterocycles. The molecule has 0 unspecified atom stereocenters. The van der Waals surface area contributed by atoms with Crippen LogP contribution in [0.25, 0.3) is 0 Å². The predicted octanol–water partition coefficient (Wildman–Crippen LogP) is 2.45. The molecular formula is C17H24N2O2. The van der Waals surface area contributed by atoms with Gasteiger partial charge in [0.25, 0.3) is 5.91 Å². The molecule has 1 aliphatic rings. The fourth-order valence-corrected chi connectivity index (χ4v) is 2.63. The maximum atomic E-state index is 12.6. The Labute approximate surface area is 126 Å². The fraction of sp³-hybridized carbons (Fsp3) is 0.529. The van der Waals surface area contributed by atoms with Crippen molar-refractivity contribution in [2.45, 2.75) is 39.2 Å². The van der Waals surface area contributed by atoms with Gasteiger partial charge in [-0.25, -0.2) is 0 Å². The molecule has 0 saturated carbocycles. The maximum absolute atomic E-state index is 12.6. The highest BCUT2D eigenvalue weighted by molar-refractivity contribution is 5.97. The van der Waals surface area contributed by atoms with Crippen LogP contribution in [0.5, 0.6) is 0 Å². The van der Waals surface area contributed by atoms with Crippen LogP contribution < -0.4 is 5.32 Å². The van der Waals surface area contributed by atoms with Gasteiger partial charge in [0.2, 0.25) is 5.91 Å². The van der Waals surface area contributed by atoms with E-state index in [0.717, 1.165) is 32.4 Å². The lowest BCUT2D eigenvalue weighted by Gasteiger charge is -2.28. The van der Waals surface area contributed by atoms with Gasteiger partial charge in [-0.3, -0.25) is 9.59 Å². The molecule has 1 N–H and O–H groups in total. The van der Waals surface area contributed by atoms with Gasteiger partial charge in [0.1, 0.15) is 6.04 Å². The first kappa shape index (κ1) is 15.5. The summed E-state index contributed by atoms with van der Waals surface area (Å²) in [5.41, 5.74) is 0.597. The van der Waals surface area contributed by atoms with Gasteiger partial charge in [-0.15, -0.1) is 0 Å². The quantitative estimate of drug-likeness (QED) is 0.905. The van der Waals surface area contributed by atoms with E-state index in [4.69, 9.17) is 0 Å². The number of nitrogens with one attached hydrogen (secondary N) is 1. The van der Waals surface area contributed by atoms with Crippen molar-refractivity contribution < 1.29 is 9.59 Å². The van der Waals surface area contributed by atoms with Crippen LogP contribution in [-0.4, -0.2) is 35.8 Å². The number of hydrogen-bond acceptors (Lipinski definition) is 2. The van der Waals surface area contributed by atoms with E-state index in [1.807, 2.05) is 36.9 Å². The first-order valence-electron chi connectivity index (χ1n) is 7.78. The second-order valence-electron chi connectivity index (χ2n) is 5.74. The van der Waals surface area contributed by atoms with Crippen molar-refractivity contribution in [1.82, 2.24) is 10.2 Å². The number of rotatable bonds is 5. The van der Waals surface area contributed by atoms with Gasteiger partial charge in [0.05, 0.1) is 0 Å². The largest absolute Gasteiger partial charge is 0.341 e. The lowest BCUT2D eigenvalue weighted by molar-refractivity contribution is -0.133. The molecule has 21 heavy (non-hydrogen) atoms. The highest BCUT2D eigenvalue weighted by Crippen LogP contribution is 2.16. The Morgan fingerprint density at radius 3 is 2.38 bits per heavy atom. The van der Waals surface area contributed by atoms with Crippen LogP contribution in [0.15, 0.2) is 30.3 Å². The molecule has 0 spiro atoms. The van der Waals surface area contributed by atoms with Crippen LogP contribution >= 0.6 is 0 Å². The zero-order valence-corrected chi connectivity index (χ0v) is 12.8. The van der Waals surface area contributed by atoms with Crippen LogP contribution in [0.4, 0.5) is 0 Å². The van der Waals surface area contributed by atoms with E-state index in [1.165, 1.54) is 0 Å². The predicted molar refractivity (Wildman–Crippen MR) is 83.0 cm³/mol. The summed E-state index contributed by atoms with van der Waals surface area (Å²) >= 11 is 0. The van der Waals surface area contributed by atoms with Crippen molar-refractivity contribution in [3.63, 3.8) is 0 Å². The number of likely N-dealkylation sites (tertiary alicyclic amines) is 1. The SMILES string of the molecule is CC[C@H](C)[C@@H](NC(=O)c1ccccc1)C(=O)N1CCCC1. The van der Waals surface area contributed by atoms with Crippen molar-refractivity contribution in [3.8, 4) is 0 Å². The lowest BCUT2D eigenvalue weighted by atomic mass is 9.97. The second-order valence-corrected chi connectivity index (χ2v) is 5.74. The Bertz CT molecular complexity index is 481. The summed E-state index contributed by atoms with van der Waals surface area (Å²) in [5.74, 6) is 0.0188. The molecule has 2 rings (SSSR count). The summed E-state index contributed by atoms with van der Waals surface area (Å²) in [6.07, 6.45) is 2.98. The smallest absolute Gasteiger partial charge is 0.251 e. The van der Waals surface area contributed by atoms with E-state index in [2.05, 4.69) is 5.32 Å². The van der Waals surface area contributed by atoms with E-state index >= 15 is 0 Å². The molecule has 4 nitrogen and oxygen atoms in total. The van der Waals surface area contributed by atoms with Crippen LogP contribution in [-0.2, 0) is 4.79 Å². The standard InChI is InChI=1S/C17H24N2O2/c1-3-13(2)15(17(21)19-11-7-8-12-19)18-16(20)14-9-5-4-6-10-14/h4-6,9-10,13,15H,3,7-8,11-12H2,1-2H3,(H,18,20)/t13-,15+/m0/s1. The average molecular weight is 288 g/mol. The third kappa shape index (κ3) is 3.84. The molecular weight excluding hydrogens is 264 g/mol. The van der Waals surface area contributed by atoms with Gasteiger partial charge < -0.3 is 10.2 Å². The van der Waals surface area contributed by atoms with E-state index in [0.29, 0.717) is 5.56 Å². The number of hydrogen-bond donors (Lipinski definition) is 1. The molecule has 2 amide bonds. The highest BCUT2D eigenvalue weighted by Gasteiger charge is 2.31. The third-order valence-electron chi connectivity index (χ3n) is 4.22. The van der Waals surface area contributed by atoms with E-state index in [-0.39, 0.29) is 17.7 Å². The van der Waals surface area contributed by atoms with Crippen molar-refractivity contribution >= 4 is 11.8 Å². The van der Waals surface area contributed by atoms with Crippen LogP contribution in [0.3, 0.4) is 0 Å². The molecule has 114 valence electrons. The minimum Gasteiger partial charge on any atom is -0.341 e. The minimum absolute atomic E-state index is 0.0612. The second kappa shape index (κ2) is 7.25. The fourth-order valence-electron chi connectivity index (χ4n) is 2.63. The average Bonchev–Trinajstić information content (AvgIpc) is 3.06. The van der Waals surface area contributed by atoms with Crippen molar-refractivity contribution in [2.24, 2.45) is 5.92 Å². The Balaban J connectivity index is 2.09. The molecule has 0 aromatic heterocycles. The number of amides is 2. The number of benzene rings is 1. The number of carbonyl (C=O) groups is 2. The van der Waals surface area contributed by atoms with Crippen LogP contribution in [0.2, 0.25) is 0 Å². The molecule has 1 fully saturated rings. The van der Waals surface area contributed by atoms with Gasteiger partial charge in [0.15, 0.2) is 0 Å². The first-order valence-corrected chi connectivity index (χ1v) is 7.78. The normalized spacial score (nSPS) is 17.3. The zero-order chi connectivity index (χ0) is 15.2. The monoisotopic (exact) mass is 288 g/mol. The van der Waals surface area contributed by atoms with E-state index < -0.39 is 6.04 Å². The minimum atomic E-state index is -0.430. The summed E-state index contributed by atoms with van der Waals surface area (Å²) in [5, 5.41) is 2.93. The summed E-state index contributed by atoms with van der Waals surface area (Å²) in [6, 6.07) is 8.64. The summed E-state index contributed by atoms with van der Waals surface area (Å²) < 4.78 is 0. The number of nitrogens with zero attached hydrogens (tertiary/aromatic N) is 1. The van der Waals surface area contributed by atoms with Crippen molar-refractivity contribution in [1.29, 1.82) is 0 Å². The summed E-state index contributed by atoms with van der Waals surface area (Å²) in [7, 11) is 0. The van der Waals surface area contributed by atoms with Crippen molar-refractivity contribution in [2.75, 3.05) is 13.1 Å². The molecule has 1 saturated heterocycles.